The second-order valence-electron chi connectivity index (χ2n) is 8.89. The summed E-state index contributed by atoms with van der Waals surface area (Å²) in [5.41, 5.74) is 11.7. The molecule has 2 aliphatic carbocycles. The van der Waals surface area contributed by atoms with Crippen LogP contribution in [0.1, 0.15) is 22.3 Å². The maximum absolute atomic E-state index is 6.35. The van der Waals surface area contributed by atoms with E-state index >= 15 is 0 Å². The number of aryl methyl sites for hydroxylation is 4. The minimum absolute atomic E-state index is 0.997. The van der Waals surface area contributed by atoms with Crippen molar-refractivity contribution in [3.8, 4) is 5.69 Å². The molecule has 30 heavy (non-hydrogen) atoms. The molecule has 2 aromatic heterocycles. The van der Waals surface area contributed by atoms with E-state index in [0.29, 0.717) is 0 Å². The smallest absolute Gasteiger partial charge is 0.136 e. The fourth-order valence-electron chi connectivity index (χ4n) is 5.52. The number of fused-ring (bicyclic) bond motifs is 8. The molecule has 0 aliphatic heterocycles. The summed E-state index contributed by atoms with van der Waals surface area (Å²) in [5.74, 6) is 0. The summed E-state index contributed by atoms with van der Waals surface area (Å²) in [4.78, 5) is 0. The van der Waals surface area contributed by atoms with Crippen LogP contribution >= 0.6 is 0 Å². The lowest BCUT2D eigenvalue weighted by atomic mass is 9.87. The van der Waals surface area contributed by atoms with Crippen LogP contribution in [0.3, 0.4) is 0 Å². The first-order valence-corrected chi connectivity index (χ1v) is 10.9. The van der Waals surface area contributed by atoms with Crippen LogP contribution in [-0.4, -0.2) is 4.57 Å². The Morgan fingerprint density at radius 1 is 0.533 bits per heavy atom. The number of aromatic nitrogens is 1. The Kier molecular flexibility index (Phi) is 2.63. The highest BCUT2D eigenvalue weighted by Crippen LogP contribution is 2.41. The van der Waals surface area contributed by atoms with Crippen molar-refractivity contribution in [2.45, 2.75) is 25.7 Å². The van der Waals surface area contributed by atoms with Gasteiger partial charge in [0.1, 0.15) is 11.2 Å². The standard InChI is InChI=1S/C28H19NO/c1-2-4-20(5-3-1)29-25-12-18-8-6-16(18)10-21(25)22-15-28-24(14-26(22)29)23-11-17-7-9-19(17)13-27(23)30-28/h1-5,10-15H,6-9H2. The highest BCUT2D eigenvalue weighted by molar-refractivity contribution is 6.17. The molecule has 2 aliphatic rings. The third-order valence-corrected chi connectivity index (χ3v) is 7.34. The summed E-state index contributed by atoms with van der Waals surface area (Å²) < 4.78 is 8.79. The lowest BCUT2D eigenvalue weighted by Crippen LogP contribution is -2.07. The molecular formula is C28H19NO. The quantitative estimate of drug-likeness (QED) is 0.302. The average Bonchev–Trinajstić information content (AvgIpc) is 3.23. The van der Waals surface area contributed by atoms with Gasteiger partial charge in [-0.15, -0.1) is 0 Å². The number of benzene rings is 4. The normalized spacial score (nSPS) is 14.8. The van der Waals surface area contributed by atoms with Crippen LogP contribution in [0.5, 0.6) is 0 Å². The number of hydrogen-bond acceptors (Lipinski definition) is 1. The molecule has 142 valence electrons. The molecule has 0 amide bonds. The molecule has 0 fully saturated rings. The monoisotopic (exact) mass is 385 g/mol. The Balaban J connectivity index is 1.57. The minimum Gasteiger partial charge on any atom is -0.456 e. The number of rotatable bonds is 1. The second-order valence-corrected chi connectivity index (χ2v) is 8.89. The lowest BCUT2D eigenvalue weighted by Gasteiger charge is -2.19. The summed E-state index contributed by atoms with van der Waals surface area (Å²) in [6.07, 6.45) is 4.76. The summed E-state index contributed by atoms with van der Waals surface area (Å²) in [5, 5.41) is 5.09. The Labute approximate surface area is 173 Å². The zero-order valence-electron chi connectivity index (χ0n) is 16.5. The van der Waals surface area contributed by atoms with E-state index in [1.807, 2.05) is 0 Å². The van der Waals surface area contributed by atoms with Gasteiger partial charge in [-0.1, -0.05) is 18.2 Å². The zero-order chi connectivity index (χ0) is 19.4. The first-order valence-electron chi connectivity index (χ1n) is 10.9. The van der Waals surface area contributed by atoms with Gasteiger partial charge in [0.25, 0.3) is 0 Å². The topological polar surface area (TPSA) is 18.1 Å². The van der Waals surface area contributed by atoms with Crippen LogP contribution in [0.2, 0.25) is 0 Å². The number of para-hydroxylation sites is 1. The van der Waals surface area contributed by atoms with Gasteiger partial charge in [0.2, 0.25) is 0 Å². The van der Waals surface area contributed by atoms with E-state index in [2.05, 4.69) is 71.3 Å². The van der Waals surface area contributed by atoms with E-state index in [0.717, 1.165) is 11.2 Å². The molecule has 0 unspecified atom stereocenters. The van der Waals surface area contributed by atoms with E-state index in [-0.39, 0.29) is 0 Å². The van der Waals surface area contributed by atoms with Crippen LogP contribution in [0.25, 0.3) is 49.4 Å². The van der Waals surface area contributed by atoms with Crippen LogP contribution in [0, 0.1) is 0 Å². The van der Waals surface area contributed by atoms with Crippen LogP contribution in [-0.2, 0) is 25.7 Å². The Bertz CT molecular complexity index is 1680. The molecule has 0 radical (unpaired) electrons. The predicted molar refractivity (Wildman–Crippen MR) is 123 cm³/mol. The molecule has 0 atom stereocenters. The molecule has 6 aromatic rings. The maximum atomic E-state index is 6.35. The van der Waals surface area contributed by atoms with Gasteiger partial charge in [-0.3, -0.25) is 0 Å². The van der Waals surface area contributed by atoms with Crippen molar-refractivity contribution in [2.24, 2.45) is 0 Å². The van der Waals surface area contributed by atoms with Gasteiger partial charge in [-0.05, 0) is 96.5 Å². The fourth-order valence-corrected chi connectivity index (χ4v) is 5.52. The van der Waals surface area contributed by atoms with Gasteiger partial charge < -0.3 is 8.98 Å². The molecule has 0 saturated heterocycles. The molecule has 0 bridgehead atoms. The zero-order valence-corrected chi connectivity index (χ0v) is 16.5. The van der Waals surface area contributed by atoms with Crippen molar-refractivity contribution in [1.29, 1.82) is 0 Å². The predicted octanol–water partition coefficient (Wildman–Crippen LogP) is 6.88. The van der Waals surface area contributed by atoms with E-state index in [4.69, 9.17) is 4.42 Å². The highest BCUT2D eigenvalue weighted by Gasteiger charge is 2.22. The van der Waals surface area contributed by atoms with Crippen molar-refractivity contribution in [1.82, 2.24) is 4.57 Å². The average molecular weight is 385 g/mol. The Hall–Kier alpha value is -3.52. The number of hydrogen-bond donors (Lipinski definition) is 0. The largest absolute Gasteiger partial charge is 0.456 e. The van der Waals surface area contributed by atoms with Crippen molar-refractivity contribution >= 4 is 43.7 Å². The maximum Gasteiger partial charge on any atom is 0.136 e. The van der Waals surface area contributed by atoms with Crippen molar-refractivity contribution in [2.75, 3.05) is 0 Å². The van der Waals surface area contributed by atoms with E-state index < -0.39 is 0 Å². The number of furan rings is 1. The van der Waals surface area contributed by atoms with Gasteiger partial charge in [0.05, 0.1) is 11.0 Å². The van der Waals surface area contributed by atoms with Crippen molar-refractivity contribution < 1.29 is 4.42 Å². The fraction of sp³-hybridized carbons (Fsp3) is 0.143. The second kappa shape index (κ2) is 5.14. The van der Waals surface area contributed by atoms with Gasteiger partial charge >= 0.3 is 0 Å². The first kappa shape index (κ1) is 15.3. The van der Waals surface area contributed by atoms with Crippen molar-refractivity contribution in [3.63, 3.8) is 0 Å². The molecule has 0 spiro atoms. The van der Waals surface area contributed by atoms with Crippen molar-refractivity contribution in [3.05, 3.63) is 89.0 Å². The van der Waals surface area contributed by atoms with E-state index in [9.17, 15) is 0 Å². The van der Waals surface area contributed by atoms with Gasteiger partial charge in [0, 0.05) is 27.2 Å². The third-order valence-electron chi connectivity index (χ3n) is 7.34. The van der Waals surface area contributed by atoms with Gasteiger partial charge in [0.15, 0.2) is 0 Å². The Morgan fingerprint density at radius 3 is 1.87 bits per heavy atom. The van der Waals surface area contributed by atoms with Crippen LogP contribution in [0.4, 0.5) is 0 Å². The molecular weight excluding hydrogens is 366 g/mol. The SMILES string of the molecule is c1ccc(-n2c3cc4c(cc3c3cc5oc6cc7c(cc6c5cc32)CC7)CC4)cc1. The molecule has 8 rings (SSSR count). The van der Waals surface area contributed by atoms with E-state index in [1.54, 1.807) is 0 Å². The molecule has 2 nitrogen and oxygen atoms in total. The molecule has 2 heteroatoms. The molecule has 0 N–H and O–H groups in total. The summed E-state index contributed by atoms with van der Waals surface area (Å²) >= 11 is 0. The Morgan fingerprint density at radius 2 is 1.10 bits per heavy atom. The molecule has 0 saturated carbocycles. The van der Waals surface area contributed by atoms with Crippen LogP contribution in [0.15, 0.2) is 71.1 Å². The first-order chi connectivity index (χ1) is 14.8. The lowest BCUT2D eigenvalue weighted by molar-refractivity contribution is 0.666. The molecule has 4 aromatic carbocycles. The third kappa shape index (κ3) is 1.80. The summed E-state index contributed by atoms with van der Waals surface area (Å²) in [6, 6.07) is 24.8. The van der Waals surface area contributed by atoms with Gasteiger partial charge in [-0.2, -0.15) is 0 Å². The van der Waals surface area contributed by atoms with E-state index in [1.165, 1.54) is 86.2 Å². The summed E-state index contributed by atoms with van der Waals surface area (Å²) in [7, 11) is 0. The highest BCUT2D eigenvalue weighted by atomic mass is 16.3. The van der Waals surface area contributed by atoms with Gasteiger partial charge in [-0.25, -0.2) is 0 Å². The summed E-state index contributed by atoms with van der Waals surface area (Å²) in [6.45, 7) is 0. The number of nitrogens with zero attached hydrogens (tertiary/aromatic N) is 1. The van der Waals surface area contributed by atoms with Crippen LogP contribution < -0.4 is 0 Å². The minimum atomic E-state index is 0.997. The molecule has 2 heterocycles.